The van der Waals surface area contributed by atoms with Crippen LogP contribution in [0, 0.1) is 5.92 Å². The van der Waals surface area contributed by atoms with Crippen molar-refractivity contribution < 1.29 is 18.0 Å². The van der Waals surface area contributed by atoms with Crippen LogP contribution >= 0.6 is 0 Å². The summed E-state index contributed by atoms with van der Waals surface area (Å²) in [4.78, 5) is 16.0. The van der Waals surface area contributed by atoms with Gasteiger partial charge in [0.05, 0.1) is 11.8 Å². The Morgan fingerprint density at radius 1 is 1.36 bits per heavy atom. The summed E-state index contributed by atoms with van der Waals surface area (Å²) in [6.45, 7) is 0.507. The first-order valence-corrected chi connectivity index (χ1v) is 7.85. The molecule has 7 nitrogen and oxygen atoms in total. The van der Waals surface area contributed by atoms with Gasteiger partial charge in [0.25, 0.3) is 5.91 Å². The lowest BCUT2D eigenvalue weighted by Gasteiger charge is -2.18. The molecule has 1 aliphatic rings. The molecular formula is C15H17F3N6O. The highest BCUT2D eigenvalue weighted by atomic mass is 19.4. The Kier molecular flexibility index (Phi) is 4.71. The van der Waals surface area contributed by atoms with Crippen molar-refractivity contribution >= 4 is 5.91 Å². The van der Waals surface area contributed by atoms with Gasteiger partial charge >= 0.3 is 6.18 Å². The van der Waals surface area contributed by atoms with Crippen LogP contribution in [0.1, 0.15) is 35.3 Å². The molecule has 10 heteroatoms. The second-order valence-corrected chi connectivity index (χ2v) is 5.96. The van der Waals surface area contributed by atoms with Crippen molar-refractivity contribution in [2.24, 2.45) is 11.7 Å². The standard InChI is InChI=1S/C15H17F3N6O/c16-15(17,18)10-4-5-13(20-7-10)24-8-12(22-23-24)14(25)21-11-3-1-2-9(11)6-19/h4-5,7-9,11H,1-3,6,19H2,(H,21,25). The van der Waals surface area contributed by atoms with Crippen molar-refractivity contribution in [2.45, 2.75) is 31.5 Å². The van der Waals surface area contributed by atoms with Crippen molar-refractivity contribution in [3.63, 3.8) is 0 Å². The van der Waals surface area contributed by atoms with Crippen LogP contribution in [0.3, 0.4) is 0 Å². The van der Waals surface area contributed by atoms with E-state index in [4.69, 9.17) is 5.73 Å². The highest BCUT2D eigenvalue weighted by Gasteiger charge is 2.31. The average Bonchev–Trinajstić information content (AvgIpc) is 3.23. The highest BCUT2D eigenvalue weighted by Crippen LogP contribution is 2.28. The van der Waals surface area contributed by atoms with Crippen molar-refractivity contribution in [3.8, 4) is 5.82 Å². The Morgan fingerprint density at radius 2 is 2.16 bits per heavy atom. The highest BCUT2D eigenvalue weighted by molar-refractivity contribution is 5.92. The second kappa shape index (κ2) is 6.79. The van der Waals surface area contributed by atoms with Crippen molar-refractivity contribution in [3.05, 3.63) is 35.8 Å². The minimum Gasteiger partial charge on any atom is -0.348 e. The molecule has 2 aromatic heterocycles. The molecule has 0 aliphatic heterocycles. The molecule has 0 spiro atoms. The molecule has 1 fully saturated rings. The van der Waals surface area contributed by atoms with Crippen LogP contribution in [-0.4, -0.2) is 38.5 Å². The van der Waals surface area contributed by atoms with E-state index >= 15 is 0 Å². The lowest BCUT2D eigenvalue weighted by molar-refractivity contribution is -0.137. The summed E-state index contributed by atoms with van der Waals surface area (Å²) >= 11 is 0. The topological polar surface area (TPSA) is 98.7 Å². The van der Waals surface area contributed by atoms with Gasteiger partial charge in [-0.05, 0) is 37.4 Å². The summed E-state index contributed by atoms with van der Waals surface area (Å²) in [6.07, 6.45) is 0.430. The molecule has 0 aromatic carbocycles. The van der Waals surface area contributed by atoms with E-state index in [2.05, 4.69) is 20.6 Å². The monoisotopic (exact) mass is 354 g/mol. The molecule has 2 heterocycles. The number of rotatable bonds is 4. The molecule has 2 atom stereocenters. The fourth-order valence-electron chi connectivity index (χ4n) is 2.92. The molecule has 1 saturated carbocycles. The Bertz CT molecular complexity index is 742. The Labute approximate surface area is 141 Å². The predicted octanol–water partition coefficient (Wildman–Crippen LogP) is 1.54. The molecule has 3 N–H and O–H groups in total. The average molecular weight is 354 g/mol. The van der Waals surface area contributed by atoms with E-state index in [1.165, 1.54) is 12.3 Å². The zero-order valence-corrected chi connectivity index (χ0v) is 13.2. The molecule has 1 aliphatic carbocycles. The first-order chi connectivity index (χ1) is 11.9. The number of nitrogens with two attached hydrogens (primary N) is 1. The number of aromatic nitrogens is 4. The van der Waals surface area contributed by atoms with Crippen LogP contribution in [0.5, 0.6) is 0 Å². The van der Waals surface area contributed by atoms with Crippen molar-refractivity contribution in [1.29, 1.82) is 0 Å². The van der Waals surface area contributed by atoms with Gasteiger partial charge in [0.15, 0.2) is 11.5 Å². The van der Waals surface area contributed by atoms with Gasteiger partial charge in [-0.25, -0.2) is 9.67 Å². The van der Waals surface area contributed by atoms with Gasteiger partial charge < -0.3 is 11.1 Å². The maximum atomic E-state index is 12.5. The number of pyridine rings is 1. The second-order valence-electron chi connectivity index (χ2n) is 5.96. The fraction of sp³-hybridized carbons (Fsp3) is 0.467. The minimum absolute atomic E-state index is 0.00634. The third-order valence-corrected chi connectivity index (χ3v) is 4.31. The summed E-state index contributed by atoms with van der Waals surface area (Å²) in [7, 11) is 0. The summed E-state index contributed by atoms with van der Waals surface area (Å²) in [5.41, 5.74) is 4.91. The number of amides is 1. The first-order valence-electron chi connectivity index (χ1n) is 7.85. The van der Waals surface area contributed by atoms with Gasteiger partial charge in [-0.1, -0.05) is 11.6 Å². The summed E-state index contributed by atoms with van der Waals surface area (Å²) < 4.78 is 38.8. The van der Waals surface area contributed by atoms with Crippen LogP contribution in [0.4, 0.5) is 13.2 Å². The lowest BCUT2D eigenvalue weighted by Crippen LogP contribution is -2.40. The Balaban J connectivity index is 1.70. The van der Waals surface area contributed by atoms with Gasteiger partial charge in [-0.3, -0.25) is 4.79 Å². The van der Waals surface area contributed by atoms with Crippen LogP contribution in [0.25, 0.3) is 5.82 Å². The number of carbonyl (C=O) groups is 1. The van der Waals surface area contributed by atoms with E-state index in [1.54, 1.807) is 0 Å². The van der Waals surface area contributed by atoms with Gasteiger partial charge in [0.2, 0.25) is 0 Å². The number of halogens is 3. The van der Waals surface area contributed by atoms with E-state index in [9.17, 15) is 18.0 Å². The Morgan fingerprint density at radius 3 is 2.80 bits per heavy atom. The maximum absolute atomic E-state index is 12.5. The number of nitrogens with one attached hydrogen (secondary N) is 1. The summed E-state index contributed by atoms with van der Waals surface area (Å²) in [5, 5.41) is 10.4. The summed E-state index contributed by atoms with van der Waals surface area (Å²) in [5.74, 6) is -0.000614. The number of hydrogen-bond acceptors (Lipinski definition) is 5. The maximum Gasteiger partial charge on any atom is 0.417 e. The SMILES string of the molecule is NCC1CCCC1NC(=O)c1cn(-c2ccc(C(F)(F)F)cn2)nn1. The zero-order chi connectivity index (χ0) is 18.0. The molecule has 25 heavy (non-hydrogen) atoms. The van der Waals surface area contributed by atoms with E-state index in [-0.39, 0.29) is 29.4 Å². The van der Waals surface area contributed by atoms with Crippen LogP contribution in [0.15, 0.2) is 24.5 Å². The molecule has 2 unspecified atom stereocenters. The number of alkyl halides is 3. The van der Waals surface area contributed by atoms with Crippen LogP contribution in [-0.2, 0) is 6.18 Å². The molecule has 2 aromatic rings. The van der Waals surface area contributed by atoms with E-state index in [1.807, 2.05) is 0 Å². The van der Waals surface area contributed by atoms with Crippen molar-refractivity contribution in [1.82, 2.24) is 25.3 Å². The molecule has 134 valence electrons. The van der Waals surface area contributed by atoms with Crippen LogP contribution in [0.2, 0.25) is 0 Å². The smallest absolute Gasteiger partial charge is 0.348 e. The molecule has 0 bridgehead atoms. The number of carbonyl (C=O) groups excluding carboxylic acids is 1. The number of hydrogen-bond donors (Lipinski definition) is 2. The van der Waals surface area contributed by atoms with E-state index in [0.29, 0.717) is 12.7 Å². The normalized spacial score (nSPS) is 20.6. The molecule has 3 rings (SSSR count). The first kappa shape index (κ1) is 17.3. The number of nitrogens with zero attached hydrogens (tertiary/aromatic N) is 4. The van der Waals surface area contributed by atoms with E-state index in [0.717, 1.165) is 30.0 Å². The third kappa shape index (κ3) is 3.78. The molecular weight excluding hydrogens is 337 g/mol. The van der Waals surface area contributed by atoms with Gasteiger partial charge in [-0.2, -0.15) is 13.2 Å². The predicted molar refractivity (Wildman–Crippen MR) is 81.8 cm³/mol. The summed E-state index contributed by atoms with van der Waals surface area (Å²) in [6, 6.07) is 2.07. The third-order valence-electron chi connectivity index (χ3n) is 4.31. The van der Waals surface area contributed by atoms with Crippen LogP contribution < -0.4 is 11.1 Å². The lowest BCUT2D eigenvalue weighted by atomic mass is 10.0. The molecule has 0 saturated heterocycles. The largest absolute Gasteiger partial charge is 0.417 e. The fourth-order valence-corrected chi connectivity index (χ4v) is 2.92. The van der Waals surface area contributed by atoms with E-state index < -0.39 is 11.7 Å². The zero-order valence-electron chi connectivity index (χ0n) is 13.2. The van der Waals surface area contributed by atoms with Gasteiger partial charge in [0.1, 0.15) is 0 Å². The van der Waals surface area contributed by atoms with Crippen molar-refractivity contribution in [2.75, 3.05) is 6.54 Å². The Hall–Kier alpha value is -2.49. The van der Waals surface area contributed by atoms with Gasteiger partial charge in [0, 0.05) is 12.2 Å². The minimum atomic E-state index is -4.46. The molecule has 1 amide bonds. The molecule has 0 radical (unpaired) electrons. The van der Waals surface area contributed by atoms with Gasteiger partial charge in [-0.15, -0.1) is 5.10 Å². The quantitative estimate of drug-likeness (QED) is 0.868.